The first-order chi connectivity index (χ1) is 13.9. The highest BCUT2D eigenvalue weighted by Gasteiger charge is 2.36. The van der Waals surface area contributed by atoms with Gasteiger partial charge in [0.05, 0.1) is 36.1 Å². The third kappa shape index (κ3) is 3.83. The van der Waals surface area contributed by atoms with Crippen molar-refractivity contribution in [2.24, 2.45) is 4.99 Å². The fraction of sp³-hybridized carbons (Fsp3) is 0.400. The van der Waals surface area contributed by atoms with E-state index in [9.17, 15) is 19.4 Å². The number of amides is 1. The second-order valence-electron chi connectivity index (χ2n) is 7.39. The molecule has 1 saturated carbocycles. The molecule has 9 heteroatoms. The molecule has 1 fully saturated rings. The van der Waals surface area contributed by atoms with Crippen molar-refractivity contribution in [3.63, 3.8) is 0 Å². The van der Waals surface area contributed by atoms with Gasteiger partial charge < -0.3 is 20.4 Å². The summed E-state index contributed by atoms with van der Waals surface area (Å²) < 4.78 is 13.4. The maximum Gasteiger partial charge on any atom is 0.272 e. The summed E-state index contributed by atoms with van der Waals surface area (Å²) in [5.41, 5.74) is 2.04. The van der Waals surface area contributed by atoms with Crippen molar-refractivity contribution in [3.8, 4) is 0 Å². The van der Waals surface area contributed by atoms with Crippen LogP contribution in [0.15, 0.2) is 35.6 Å². The Hall–Kier alpha value is -2.91. The Morgan fingerprint density at radius 2 is 2.14 bits per heavy atom. The van der Waals surface area contributed by atoms with E-state index in [-0.39, 0.29) is 36.6 Å². The van der Waals surface area contributed by atoms with E-state index in [1.165, 1.54) is 23.4 Å². The summed E-state index contributed by atoms with van der Waals surface area (Å²) >= 11 is 0. The van der Waals surface area contributed by atoms with Crippen LogP contribution in [-0.2, 0) is 17.9 Å². The monoisotopic (exact) mass is 399 g/mol. The van der Waals surface area contributed by atoms with Crippen LogP contribution >= 0.6 is 0 Å². The molecule has 1 aromatic carbocycles. The summed E-state index contributed by atoms with van der Waals surface area (Å²) in [6.45, 7) is 0.492. The Bertz CT molecular complexity index is 967. The number of aliphatic hydroxyl groups excluding tert-OH is 2. The van der Waals surface area contributed by atoms with Gasteiger partial charge in [0.2, 0.25) is 0 Å². The molecule has 29 heavy (non-hydrogen) atoms. The van der Waals surface area contributed by atoms with Crippen LogP contribution < -0.4 is 5.32 Å². The van der Waals surface area contributed by atoms with Gasteiger partial charge in [0.1, 0.15) is 23.7 Å². The number of benzene rings is 1. The molecule has 3 atom stereocenters. The molecule has 1 aromatic heterocycles. The van der Waals surface area contributed by atoms with Crippen LogP contribution in [0.1, 0.15) is 29.7 Å². The highest BCUT2D eigenvalue weighted by Crippen LogP contribution is 2.28. The van der Waals surface area contributed by atoms with E-state index in [1.807, 2.05) is 0 Å². The molecule has 8 nitrogen and oxygen atoms in total. The van der Waals surface area contributed by atoms with Gasteiger partial charge in [0.25, 0.3) is 5.91 Å². The number of carbonyl (C=O) groups excluding carboxylic acids is 1. The minimum absolute atomic E-state index is 0.231. The third-order valence-electron chi connectivity index (χ3n) is 5.31. The highest BCUT2D eigenvalue weighted by atomic mass is 19.1. The van der Waals surface area contributed by atoms with E-state index in [4.69, 9.17) is 0 Å². The number of rotatable bonds is 5. The smallest absolute Gasteiger partial charge is 0.272 e. The molecular weight excluding hydrogens is 377 g/mol. The van der Waals surface area contributed by atoms with Gasteiger partial charge in [-0.3, -0.25) is 9.79 Å². The van der Waals surface area contributed by atoms with Crippen molar-refractivity contribution >= 4 is 17.4 Å². The number of aliphatic imine (C=N–C) groups is 1. The van der Waals surface area contributed by atoms with Gasteiger partial charge >= 0.3 is 0 Å². The number of hydrogen-bond acceptors (Lipinski definition) is 7. The zero-order chi connectivity index (χ0) is 20.5. The zero-order valence-corrected chi connectivity index (χ0v) is 15.9. The molecule has 0 bridgehead atoms. The molecule has 2 aromatic rings. The molecule has 3 N–H and O–H groups in total. The quantitative estimate of drug-likeness (QED) is 0.688. The molecule has 0 spiro atoms. The van der Waals surface area contributed by atoms with Gasteiger partial charge in [0, 0.05) is 13.6 Å². The molecule has 2 aliphatic rings. The predicted molar refractivity (Wildman–Crippen MR) is 104 cm³/mol. The van der Waals surface area contributed by atoms with Crippen LogP contribution in [0.2, 0.25) is 0 Å². The van der Waals surface area contributed by atoms with Gasteiger partial charge in [-0.15, -0.1) is 0 Å². The average Bonchev–Trinajstić information content (AvgIpc) is 3.27. The zero-order valence-electron chi connectivity index (χ0n) is 15.9. The topological polar surface area (TPSA) is 111 Å². The molecule has 4 rings (SSSR count). The van der Waals surface area contributed by atoms with Crippen molar-refractivity contribution < 1.29 is 19.4 Å². The summed E-state index contributed by atoms with van der Waals surface area (Å²) in [6.07, 6.45) is 0.769. The van der Waals surface area contributed by atoms with Crippen LogP contribution in [0.25, 0.3) is 0 Å². The number of halogens is 1. The number of aliphatic hydroxyl groups is 2. The molecule has 0 unspecified atom stereocenters. The fourth-order valence-corrected chi connectivity index (χ4v) is 3.76. The molecule has 152 valence electrons. The van der Waals surface area contributed by atoms with Crippen molar-refractivity contribution in [1.82, 2.24) is 14.9 Å². The predicted octanol–water partition coefficient (Wildman–Crippen LogP) is 0.873. The SMILES string of the molecule is CN(Cc1cccc(F)c1)C(=O)C1=NCc2ncnc(N[C@@H]3CC[C@@H](O)[C@H]3O)c21. The summed E-state index contributed by atoms with van der Waals surface area (Å²) in [6, 6.07) is 5.72. The van der Waals surface area contributed by atoms with Crippen LogP contribution in [-0.4, -0.2) is 62.0 Å². The number of carbonyl (C=O) groups is 1. The largest absolute Gasteiger partial charge is 0.390 e. The lowest BCUT2D eigenvalue weighted by Crippen LogP contribution is -2.36. The Labute approximate surface area is 167 Å². The Morgan fingerprint density at radius 1 is 1.31 bits per heavy atom. The van der Waals surface area contributed by atoms with Gasteiger partial charge in [-0.2, -0.15) is 0 Å². The Kier molecular flexibility index (Phi) is 5.25. The van der Waals surface area contributed by atoms with Crippen molar-refractivity contribution in [2.75, 3.05) is 12.4 Å². The van der Waals surface area contributed by atoms with Crippen molar-refractivity contribution in [3.05, 3.63) is 53.2 Å². The van der Waals surface area contributed by atoms with Crippen molar-refractivity contribution in [1.29, 1.82) is 0 Å². The number of nitrogens with one attached hydrogen (secondary N) is 1. The second kappa shape index (κ2) is 7.84. The summed E-state index contributed by atoms with van der Waals surface area (Å²) in [5, 5.41) is 23.0. The van der Waals surface area contributed by atoms with E-state index in [0.717, 1.165) is 0 Å². The normalized spacial score (nSPS) is 22.9. The summed E-state index contributed by atoms with van der Waals surface area (Å²) in [7, 11) is 1.63. The van der Waals surface area contributed by atoms with Crippen LogP contribution in [0.5, 0.6) is 0 Å². The van der Waals surface area contributed by atoms with Crippen molar-refractivity contribution in [2.45, 2.75) is 44.2 Å². The molecule has 1 aliphatic heterocycles. The molecule has 0 radical (unpaired) electrons. The standard InChI is InChI=1S/C20H22FN5O3/c1-26(9-11-3-2-4-12(21)7-11)20(29)17-16-14(8-22-17)23-10-24-19(16)25-13-5-6-15(27)18(13)28/h2-4,7,10,13,15,18,27-28H,5-6,8-9H2,1H3,(H,23,24,25)/t13-,15-,18+/m1/s1. The second-order valence-corrected chi connectivity index (χ2v) is 7.39. The van der Waals surface area contributed by atoms with Crippen LogP contribution in [0.3, 0.4) is 0 Å². The van der Waals surface area contributed by atoms with E-state index < -0.39 is 12.2 Å². The number of fused-ring (bicyclic) bond motifs is 1. The Balaban J connectivity index is 1.55. The van der Waals surface area contributed by atoms with E-state index in [1.54, 1.807) is 19.2 Å². The molecule has 1 amide bonds. The lowest BCUT2D eigenvalue weighted by atomic mass is 10.1. The Morgan fingerprint density at radius 3 is 2.86 bits per heavy atom. The molecule has 2 heterocycles. The first-order valence-corrected chi connectivity index (χ1v) is 9.45. The van der Waals surface area contributed by atoms with E-state index in [2.05, 4.69) is 20.3 Å². The molecular formula is C20H22FN5O3. The van der Waals surface area contributed by atoms with Crippen LogP contribution in [0, 0.1) is 5.82 Å². The van der Waals surface area contributed by atoms with Gasteiger partial charge in [-0.05, 0) is 30.5 Å². The van der Waals surface area contributed by atoms with E-state index in [0.29, 0.717) is 35.5 Å². The van der Waals surface area contributed by atoms with Gasteiger partial charge in [-0.25, -0.2) is 14.4 Å². The maximum absolute atomic E-state index is 13.4. The first-order valence-electron chi connectivity index (χ1n) is 9.45. The number of hydrogen-bond donors (Lipinski definition) is 3. The van der Waals surface area contributed by atoms with E-state index >= 15 is 0 Å². The molecule has 1 aliphatic carbocycles. The first kappa shape index (κ1) is 19.4. The maximum atomic E-state index is 13.4. The number of aromatic nitrogens is 2. The van der Waals surface area contributed by atoms with Gasteiger partial charge in [-0.1, -0.05) is 12.1 Å². The van der Waals surface area contributed by atoms with Gasteiger partial charge in [0.15, 0.2) is 0 Å². The number of likely N-dealkylation sites (N-methyl/N-ethyl adjacent to an activating group) is 1. The summed E-state index contributed by atoms with van der Waals surface area (Å²) in [4.78, 5) is 27.3. The van der Waals surface area contributed by atoms with Crippen LogP contribution in [0.4, 0.5) is 10.2 Å². The average molecular weight is 399 g/mol. The number of nitrogens with zero attached hydrogens (tertiary/aromatic N) is 4. The molecule has 0 saturated heterocycles. The lowest BCUT2D eigenvalue weighted by molar-refractivity contribution is -0.123. The summed E-state index contributed by atoms with van der Waals surface area (Å²) in [5.74, 6) is -0.265. The number of anilines is 1. The highest BCUT2D eigenvalue weighted by molar-refractivity contribution is 6.47. The fourth-order valence-electron chi connectivity index (χ4n) is 3.76. The third-order valence-corrected chi connectivity index (χ3v) is 5.31. The minimum atomic E-state index is -0.909. The minimum Gasteiger partial charge on any atom is -0.390 e. The lowest BCUT2D eigenvalue weighted by Gasteiger charge is -2.21.